The second-order valence-electron chi connectivity index (χ2n) is 7.13. The summed E-state index contributed by atoms with van der Waals surface area (Å²) in [5.74, 6) is 0.478. The van der Waals surface area contributed by atoms with Gasteiger partial charge >= 0.3 is 5.97 Å². The van der Waals surface area contributed by atoms with Crippen molar-refractivity contribution in [1.82, 2.24) is 4.90 Å². The van der Waals surface area contributed by atoms with Gasteiger partial charge in [0, 0.05) is 24.2 Å². The number of ether oxygens (including phenoxy) is 3. The highest BCUT2D eigenvalue weighted by atomic mass is 35.5. The number of benzene rings is 2. The Hall–Kier alpha value is -3.48. The Morgan fingerprint density at radius 3 is 2.18 bits per heavy atom. The molecule has 3 rings (SSSR count). The molecule has 1 heterocycles. The van der Waals surface area contributed by atoms with Crippen LogP contribution in [0.25, 0.3) is 0 Å². The topological polar surface area (TPSA) is 146 Å². The number of nitrogen functional groups attached to an aromatic ring is 1. The average Bonchev–Trinajstić information content (AvgIpc) is 3.35. The second kappa shape index (κ2) is 13.9. The Morgan fingerprint density at radius 2 is 1.56 bits per heavy atom. The van der Waals surface area contributed by atoms with Gasteiger partial charge in [-0.1, -0.05) is 12.1 Å². The van der Waals surface area contributed by atoms with E-state index < -0.39 is 5.97 Å². The van der Waals surface area contributed by atoms with Crippen molar-refractivity contribution in [1.29, 1.82) is 16.1 Å². The number of nitrogens with one attached hydrogen (secondary N) is 2. The molecule has 0 spiro atoms. The molecule has 0 amide bonds. The molecule has 9 nitrogen and oxygen atoms in total. The molecule has 1 aliphatic heterocycles. The first-order valence-electron chi connectivity index (χ1n) is 10.2. The number of carbonyl (C=O) groups excluding carboxylic acids is 1. The number of amidine groups is 2. The largest absolute Gasteiger partial charge is 0.486 e. The van der Waals surface area contributed by atoms with E-state index in [4.69, 9.17) is 36.0 Å². The zero-order chi connectivity index (χ0) is 22.9. The number of nitrogens with zero attached hydrogens (tertiary/aromatic N) is 2. The minimum atomic E-state index is -0.494. The lowest BCUT2D eigenvalue weighted by atomic mass is 10.1. The molecule has 0 unspecified atom stereocenters. The van der Waals surface area contributed by atoms with Crippen LogP contribution in [0.15, 0.2) is 42.5 Å². The summed E-state index contributed by atoms with van der Waals surface area (Å²) in [5, 5.41) is 24.5. The van der Waals surface area contributed by atoms with Gasteiger partial charge in [-0.25, -0.2) is 4.79 Å². The molecule has 0 aromatic heterocycles. The first kappa shape index (κ1) is 28.6. The summed E-state index contributed by atoms with van der Waals surface area (Å²) in [6.45, 7) is 1.66. The van der Waals surface area contributed by atoms with Crippen LogP contribution in [0.5, 0.6) is 11.5 Å². The number of rotatable bonds is 9. The van der Waals surface area contributed by atoms with Crippen molar-refractivity contribution < 1.29 is 19.0 Å². The average molecular weight is 508 g/mol. The number of nitriles is 1. The summed E-state index contributed by atoms with van der Waals surface area (Å²) in [6, 6.07) is 13.4. The van der Waals surface area contributed by atoms with Gasteiger partial charge in [-0.15, -0.1) is 24.8 Å². The van der Waals surface area contributed by atoms with Crippen LogP contribution in [0.3, 0.4) is 0 Å². The zero-order valence-electron chi connectivity index (χ0n) is 18.4. The number of likely N-dealkylation sites (tertiary alicyclic amines) is 1. The van der Waals surface area contributed by atoms with Crippen LogP contribution in [0.1, 0.15) is 34.3 Å². The molecule has 0 aliphatic carbocycles. The van der Waals surface area contributed by atoms with Crippen molar-refractivity contribution in [2.75, 3.05) is 32.9 Å². The van der Waals surface area contributed by atoms with Crippen molar-refractivity contribution in [2.24, 2.45) is 5.73 Å². The SMILES string of the molecule is Cl.Cl.N#CCOc1ccc(C(=N)N)cc1OCCOC(=O)c1ccc(C(=N)N2CCCC2)cc1. The summed E-state index contributed by atoms with van der Waals surface area (Å²) in [6.07, 6.45) is 2.19. The minimum absolute atomic E-state index is 0. The fraction of sp³-hybridized carbons (Fsp3) is 0.304. The fourth-order valence-electron chi connectivity index (χ4n) is 3.27. The Balaban J connectivity index is 0.00000289. The number of halogens is 2. The van der Waals surface area contributed by atoms with Crippen LogP contribution in [0.4, 0.5) is 0 Å². The van der Waals surface area contributed by atoms with Crippen molar-refractivity contribution in [3.8, 4) is 17.6 Å². The maximum absolute atomic E-state index is 12.3. The van der Waals surface area contributed by atoms with Crippen molar-refractivity contribution in [2.45, 2.75) is 12.8 Å². The Labute approximate surface area is 210 Å². The van der Waals surface area contributed by atoms with Crippen LogP contribution in [-0.4, -0.2) is 55.5 Å². The Bertz CT molecular complexity index is 1030. The van der Waals surface area contributed by atoms with Crippen molar-refractivity contribution in [3.05, 3.63) is 59.2 Å². The number of carbonyl (C=O) groups is 1. The quantitative estimate of drug-likeness (QED) is 0.204. The monoisotopic (exact) mass is 507 g/mol. The summed E-state index contributed by atoms with van der Waals surface area (Å²) in [5.41, 5.74) is 7.11. The number of esters is 1. The van der Waals surface area contributed by atoms with Gasteiger partial charge in [-0.05, 0) is 43.2 Å². The number of hydrogen-bond donors (Lipinski definition) is 3. The third-order valence-electron chi connectivity index (χ3n) is 4.94. The van der Waals surface area contributed by atoms with E-state index in [0.29, 0.717) is 28.5 Å². The maximum atomic E-state index is 12.3. The minimum Gasteiger partial charge on any atom is -0.486 e. The van der Waals surface area contributed by atoms with Gasteiger partial charge in [0.05, 0.1) is 5.56 Å². The van der Waals surface area contributed by atoms with E-state index in [2.05, 4.69) is 0 Å². The predicted octanol–water partition coefficient (Wildman–Crippen LogP) is 3.37. The van der Waals surface area contributed by atoms with Gasteiger partial charge in [0.2, 0.25) is 0 Å². The molecule has 1 fully saturated rings. The van der Waals surface area contributed by atoms with E-state index in [0.717, 1.165) is 31.5 Å². The van der Waals surface area contributed by atoms with E-state index in [1.807, 2.05) is 11.0 Å². The molecule has 182 valence electrons. The zero-order valence-corrected chi connectivity index (χ0v) is 20.0. The van der Waals surface area contributed by atoms with Gasteiger partial charge in [0.1, 0.15) is 31.0 Å². The first-order valence-corrected chi connectivity index (χ1v) is 10.2. The molecule has 34 heavy (non-hydrogen) atoms. The molecule has 0 radical (unpaired) electrons. The summed E-state index contributed by atoms with van der Waals surface area (Å²) < 4.78 is 16.2. The lowest BCUT2D eigenvalue weighted by molar-refractivity contribution is 0.0449. The van der Waals surface area contributed by atoms with Gasteiger partial charge in [0.15, 0.2) is 18.1 Å². The molecule has 1 aliphatic rings. The smallest absolute Gasteiger partial charge is 0.338 e. The van der Waals surface area contributed by atoms with Gasteiger partial charge < -0.3 is 24.8 Å². The highest BCUT2D eigenvalue weighted by Crippen LogP contribution is 2.28. The van der Waals surface area contributed by atoms with Gasteiger partial charge in [-0.2, -0.15) is 5.26 Å². The molecule has 0 bridgehead atoms. The molecular formula is C23H27Cl2N5O4. The first-order chi connectivity index (χ1) is 15.5. The van der Waals surface area contributed by atoms with Crippen molar-refractivity contribution in [3.63, 3.8) is 0 Å². The highest BCUT2D eigenvalue weighted by Gasteiger charge is 2.17. The molecule has 2 aromatic rings. The van der Waals surface area contributed by atoms with Crippen LogP contribution in [-0.2, 0) is 4.74 Å². The molecule has 11 heteroatoms. The third kappa shape index (κ3) is 7.54. The second-order valence-corrected chi connectivity index (χ2v) is 7.13. The Kier molecular flexibility index (Phi) is 11.7. The molecule has 0 saturated carbocycles. The molecule has 1 saturated heterocycles. The summed E-state index contributed by atoms with van der Waals surface area (Å²) >= 11 is 0. The van der Waals surface area contributed by atoms with E-state index in [1.54, 1.807) is 36.4 Å². The van der Waals surface area contributed by atoms with Gasteiger partial charge in [0.25, 0.3) is 0 Å². The number of nitrogens with two attached hydrogens (primary N) is 1. The predicted molar refractivity (Wildman–Crippen MR) is 133 cm³/mol. The normalized spacial score (nSPS) is 11.9. The van der Waals surface area contributed by atoms with Gasteiger partial charge in [-0.3, -0.25) is 10.8 Å². The highest BCUT2D eigenvalue weighted by molar-refractivity contribution is 5.98. The summed E-state index contributed by atoms with van der Waals surface area (Å²) in [7, 11) is 0. The van der Waals surface area contributed by atoms with Crippen LogP contribution in [0.2, 0.25) is 0 Å². The van der Waals surface area contributed by atoms with Crippen LogP contribution in [0, 0.1) is 22.1 Å². The standard InChI is InChI=1S/C23H25N5O4.2ClH/c24-9-12-30-19-8-7-18(21(25)26)15-20(19)31-13-14-32-23(29)17-5-3-16(4-6-17)22(27)28-10-1-2-11-28;;/h3-8,15,27H,1-2,10-14H2,(H3,25,26);2*1H. The Morgan fingerprint density at radius 1 is 0.941 bits per heavy atom. The van der Waals surface area contributed by atoms with E-state index in [-0.39, 0.29) is 50.5 Å². The van der Waals surface area contributed by atoms with E-state index in [9.17, 15) is 4.79 Å². The van der Waals surface area contributed by atoms with E-state index in [1.165, 1.54) is 6.07 Å². The maximum Gasteiger partial charge on any atom is 0.338 e. The lowest BCUT2D eigenvalue weighted by Crippen LogP contribution is -2.27. The lowest BCUT2D eigenvalue weighted by Gasteiger charge is -2.18. The fourth-order valence-corrected chi connectivity index (χ4v) is 3.27. The molecule has 4 N–H and O–H groups in total. The van der Waals surface area contributed by atoms with Crippen LogP contribution >= 0.6 is 24.8 Å². The molecule has 2 aromatic carbocycles. The van der Waals surface area contributed by atoms with E-state index >= 15 is 0 Å². The molecule has 0 atom stereocenters. The molecular weight excluding hydrogens is 481 g/mol. The van der Waals surface area contributed by atoms with Crippen LogP contribution < -0.4 is 15.2 Å². The van der Waals surface area contributed by atoms with Crippen molar-refractivity contribution >= 4 is 42.5 Å². The third-order valence-corrected chi connectivity index (χ3v) is 4.94. The number of hydrogen-bond acceptors (Lipinski definition) is 7. The summed E-state index contributed by atoms with van der Waals surface area (Å²) in [4.78, 5) is 14.3.